The van der Waals surface area contributed by atoms with Crippen molar-refractivity contribution in [2.45, 2.75) is 31.6 Å². The highest BCUT2D eigenvalue weighted by Gasteiger charge is 2.26. The summed E-state index contributed by atoms with van der Waals surface area (Å²) < 4.78 is 0. The SMILES string of the molecule is CSc1c(N2CCCC2)sc(C(=O)C(C)C)c1N. The Morgan fingerprint density at radius 3 is 2.50 bits per heavy atom. The van der Waals surface area contributed by atoms with Crippen molar-refractivity contribution in [3.63, 3.8) is 0 Å². The fourth-order valence-corrected chi connectivity index (χ4v) is 4.51. The third-order valence-corrected chi connectivity index (χ3v) is 5.46. The number of ketones is 1. The van der Waals surface area contributed by atoms with Crippen LogP contribution in [0.4, 0.5) is 10.7 Å². The molecule has 0 aromatic carbocycles. The fraction of sp³-hybridized carbons (Fsp3) is 0.615. The monoisotopic (exact) mass is 284 g/mol. The predicted molar refractivity (Wildman–Crippen MR) is 81.1 cm³/mol. The molecule has 0 unspecified atom stereocenters. The Kier molecular flexibility index (Phi) is 4.22. The minimum atomic E-state index is 0.00656. The fourth-order valence-electron chi connectivity index (χ4n) is 2.19. The second-order valence-corrected chi connectivity index (χ2v) is 6.71. The van der Waals surface area contributed by atoms with Gasteiger partial charge >= 0.3 is 0 Å². The van der Waals surface area contributed by atoms with Gasteiger partial charge in [0, 0.05) is 19.0 Å². The highest BCUT2D eigenvalue weighted by molar-refractivity contribution is 7.99. The number of Topliss-reactive ketones (excluding diaryl/α,β-unsaturated/α-hetero) is 1. The van der Waals surface area contributed by atoms with Crippen LogP contribution < -0.4 is 10.6 Å². The lowest BCUT2D eigenvalue weighted by molar-refractivity contribution is 0.0944. The van der Waals surface area contributed by atoms with Crippen molar-refractivity contribution >= 4 is 39.6 Å². The molecule has 0 radical (unpaired) electrons. The molecule has 0 amide bonds. The summed E-state index contributed by atoms with van der Waals surface area (Å²) in [6.45, 7) is 6.03. The molecule has 1 aliphatic heterocycles. The molecule has 100 valence electrons. The second-order valence-electron chi connectivity index (χ2n) is 4.90. The number of thioether (sulfide) groups is 1. The Bertz CT molecular complexity index is 448. The number of carbonyl (C=O) groups excluding carboxylic acids is 1. The van der Waals surface area contributed by atoms with Crippen LogP contribution in [-0.4, -0.2) is 25.1 Å². The van der Waals surface area contributed by atoms with Crippen molar-refractivity contribution in [1.82, 2.24) is 0 Å². The number of rotatable bonds is 4. The highest BCUT2D eigenvalue weighted by atomic mass is 32.2. The highest BCUT2D eigenvalue weighted by Crippen LogP contribution is 2.45. The van der Waals surface area contributed by atoms with Crippen LogP contribution in [0.2, 0.25) is 0 Å². The zero-order valence-corrected chi connectivity index (χ0v) is 12.8. The number of hydrogen-bond acceptors (Lipinski definition) is 5. The van der Waals surface area contributed by atoms with Gasteiger partial charge in [-0.25, -0.2) is 0 Å². The average molecular weight is 284 g/mol. The molecule has 1 aromatic heterocycles. The van der Waals surface area contributed by atoms with Crippen LogP contribution in [0.25, 0.3) is 0 Å². The minimum absolute atomic E-state index is 0.00656. The Labute approximate surface area is 117 Å². The third-order valence-electron chi connectivity index (χ3n) is 3.23. The zero-order chi connectivity index (χ0) is 13.3. The maximum Gasteiger partial charge on any atom is 0.177 e. The van der Waals surface area contributed by atoms with Gasteiger partial charge in [-0.3, -0.25) is 4.79 Å². The molecule has 1 aromatic rings. The van der Waals surface area contributed by atoms with Gasteiger partial charge in [-0.2, -0.15) is 0 Å². The van der Waals surface area contributed by atoms with Gasteiger partial charge in [0.15, 0.2) is 5.78 Å². The normalized spacial score (nSPS) is 15.7. The smallest absolute Gasteiger partial charge is 0.177 e. The van der Waals surface area contributed by atoms with Crippen LogP contribution in [0.1, 0.15) is 36.4 Å². The molecule has 3 nitrogen and oxygen atoms in total. The standard InChI is InChI=1S/C13H20N2OS2/c1-8(2)10(16)11-9(14)12(17-3)13(18-11)15-6-4-5-7-15/h8H,4-7,14H2,1-3H3. The minimum Gasteiger partial charge on any atom is -0.396 e. The van der Waals surface area contributed by atoms with Crippen molar-refractivity contribution < 1.29 is 4.79 Å². The van der Waals surface area contributed by atoms with E-state index in [-0.39, 0.29) is 11.7 Å². The molecular formula is C13H20N2OS2. The summed E-state index contributed by atoms with van der Waals surface area (Å²) in [6.07, 6.45) is 4.50. The average Bonchev–Trinajstić information content (AvgIpc) is 2.94. The zero-order valence-electron chi connectivity index (χ0n) is 11.2. The molecular weight excluding hydrogens is 264 g/mol. The Morgan fingerprint density at radius 1 is 1.39 bits per heavy atom. The van der Waals surface area contributed by atoms with E-state index in [4.69, 9.17) is 5.73 Å². The largest absolute Gasteiger partial charge is 0.396 e. The van der Waals surface area contributed by atoms with Crippen molar-refractivity contribution in [3.05, 3.63) is 4.88 Å². The molecule has 1 fully saturated rings. The summed E-state index contributed by atoms with van der Waals surface area (Å²) in [5.41, 5.74) is 6.85. The maximum atomic E-state index is 12.2. The Hall–Kier alpha value is -0.680. The molecule has 5 heteroatoms. The van der Waals surface area contributed by atoms with Gasteiger partial charge in [-0.1, -0.05) is 13.8 Å². The topological polar surface area (TPSA) is 46.3 Å². The van der Waals surface area contributed by atoms with Crippen LogP contribution in [0.15, 0.2) is 4.90 Å². The van der Waals surface area contributed by atoms with E-state index in [2.05, 4.69) is 4.90 Å². The van der Waals surface area contributed by atoms with Crippen LogP contribution >= 0.6 is 23.1 Å². The molecule has 0 bridgehead atoms. The first kappa shape index (κ1) is 13.7. The van der Waals surface area contributed by atoms with Gasteiger partial charge in [0.25, 0.3) is 0 Å². The molecule has 2 heterocycles. The predicted octanol–water partition coefficient (Wildman–Crippen LogP) is 3.49. The van der Waals surface area contributed by atoms with E-state index >= 15 is 0 Å². The van der Waals surface area contributed by atoms with Crippen molar-refractivity contribution in [2.75, 3.05) is 30.0 Å². The summed E-state index contributed by atoms with van der Waals surface area (Å²) in [5, 5.41) is 1.20. The summed E-state index contributed by atoms with van der Waals surface area (Å²) in [6, 6.07) is 0. The number of nitrogens with two attached hydrogens (primary N) is 1. The van der Waals surface area contributed by atoms with E-state index in [0.717, 1.165) is 22.9 Å². The molecule has 2 N–H and O–H groups in total. The van der Waals surface area contributed by atoms with Gasteiger partial charge < -0.3 is 10.6 Å². The molecule has 0 aliphatic carbocycles. The summed E-state index contributed by atoms with van der Waals surface area (Å²) in [4.78, 5) is 16.4. The summed E-state index contributed by atoms with van der Waals surface area (Å²) in [5.74, 6) is 0.172. The summed E-state index contributed by atoms with van der Waals surface area (Å²) >= 11 is 3.23. The molecule has 0 atom stereocenters. The van der Waals surface area contributed by atoms with Crippen LogP contribution in [0, 0.1) is 5.92 Å². The van der Waals surface area contributed by atoms with Crippen molar-refractivity contribution in [1.29, 1.82) is 0 Å². The van der Waals surface area contributed by atoms with Gasteiger partial charge in [0.1, 0.15) is 5.00 Å². The van der Waals surface area contributed by atoms with Crippen LogP contribution in [0.5, 0.6) is 0 Å². The lowest BCUT2D eigenvalue weighted by Crippen LogP contribution is -2.16. The third kappa shape index (κ3) is 2.38. The number of anilines is 2. The Morgan fingerprint density at radius 2 is 2.00 bits per heavy atom. The van der Waals surface area contributed by atoms with Crippen LogP contribution in [-0.2, 0) is 0 Å². The number of hydrogen-bond donors (Lipinski definition) is 1. The number of nitrogens with zero attached hydrogens (tertiary/aromatic N) is 1. The van der Waals surface area contributed by atoms with E-state index in [1.807, 2.05) is 20.1 Å². The Balaban J connectivity index is 2.41. The molecule has 2 rings (SSSR count). The van der Waals surface area contributed by atoms with Gasteiger partial charge in [-0.15, -0.1) is 23.1 Å². The van der Waals surface area contributed by atoms with E-state index < -0.39 is 0 Å². The molecule has 0 saturated carbocycles. The number of carbonyl (C=O) groups is 1. The van der Waals surface area contributed by atoms with E-state index in [9.17, 15) is 4.79 Å². The first-order chi connectivity index (χ1) is 8.56. The van der Waals surface area contributed by atoms with Gasteiger partial charge in [0.2, 0.25) is 0 Å². The van der Waals surface area contributed by atoms with Gasteiger partial charge in [-0.05, 0) is 19.1 Å². The molecule has 0 spiro atoms. The summed E-state index contributed by atoms with van der Waals surface area (Å²) in [7, 11) is 0. The first-order valence-electron chi connectivity index (χ1n) is 6.31. The quantitative estimate of drug-likeness (QED) is 0.679. The molecule has 18 heavy (non-hydrogen) atoms. The lowest BCUT2D eigenvalue weighted by atomic mass is 10.1. The number of nitrogen functional groups attached to an aromatic ring is 1. The van der Waals surface area contributed by atoms with E-state index in [1.54, 1.807) is 23.1 Å². The number of thiophene rings is 1. The first-order valence-corrected chi connectivity index (χ1v) is 8.35. The lowest BCUT2D eigenvalue weighted by Gasteiger charge is -2.16. The van der Waals surface area contributed by atoms with E-state index in [0.29, 0.717) is 5.69 Å². The second kappa shape index (κ2) is 5.53. The molecule has 1 saturated heterocycles. The maximum absolute atomic E-state index is 12.2. The van der Waals surface area contributed by atoms with Crippen LogP contribution in [0.3, 0.4) is 0 Å². The van der Waals surface area contributed by atoms with E-state index in [1.165, 1.54) is 17.8 Å². The van der Waals surface area contributed by atoms with Gasteiger partial charge in [0.05, 0.1) is 15.5 Å². The van der Waals surface area contributed by atoms with Crippen molar-refractivity contribution in [2.24, 2.45) is 5.92 Å². The van der Waals surface area contributed by atoms with Crippen molar-refractivity contribution in [3.8, 4) is 0 Å². The molecule has 1 aliphatic rings.